The summed E-state index contributed by atoms with van der Waals surface area (Å²) in [7, 11) is 0. The van der Waals surface area contributed by atoms with Crippen LogP contribution in [0.2, 0.25) is 0 Å². The molecule has 0 heterocycles. The minimum Gasteiger partial charge on any atom is -0.392 e. The van der Waals surface area contributed by atoms with Crippen LogP contribution in [0.1, 0.15) is 40.0 Å². The molecule has 2 aliphatic carbocycles. The van der Waals surface area contributed by atoms with Crippen molar-refractivity contribution in [2.24, 2.45) is 23.2 Å². The van der Waals surface area contributed by atoms with E-state index >= 15 is 0 Å². The second kappa shape index (κ2) is 2.47. The van der Waals surface area contributed by atoms with Gasteiger partial charge in [0, 0.05) is 0 Å². The molecule has 0 spiro atoms. The zero-order valence-corrected chi connectivity index (χ0v) is 8.38. The predicted molar refractivity (Wildman–Crippen MR) is 49.8 cm³/mol. The van der Waals surface area contributed by atoms with Crippen molar-refractivity contribution in [1.29, 1.82) is 0 Å². The molecule has 0 aromatic rings. The lowest BCUT2D eigenvalue weighted by Crippen LogP contribution is -2.33. The molecular weight excluding hydrogens is 148 g/mol. The van der Waals surface area contributed by atoms with Crippen LogP contribution in [0.3, 0.4) is 0 Å². The van der Waals surface area contributed by atoms with Gasteiger partial charge in [0.2, 0.25) is 0 Å². The monoisotopic (exact) mass is 168 g/mol. The fourth-order valence-electron chi connectivity index (χ4n) is 2.73. The third kappa shape index (κ3) is 1.39. The van der Waals surface area contributed by atoms with E-state index in [1.54, 1.807) is 0 Å². The van der Waals surface area contributed by atoms with Crippen molar-refractivity contribution in [3.05, 3.63) is 0 Å². The zero-order chi connectivity index (χ0) is 8.93. The molecular formula is C11H20O. The van der Waals surface area contributed by atoms with Crippen molar-refractivity contribution in [1.82, 2.24) is 0 Å². The SMILES string of the molecule is CC(C)(C)C(O)C1CC2CC2C1. The van der Waals surface area contributed by atoms with E-state index in [1.165, 1.54) is 19.3 Å². The Hall–Kier alpha value is -0.0400. The van der Waals surface area contributed by atoms with Gasteiger partial charge in [0.1, 0.15) is 0 Å². The molecule has 3 atom stereocenters. The largest absolute Gasteiger partial charge is 0.392 e. The van der Waals surface area contributed by atoms with Crippen molar-refractivity contribution in [3.8, 4) is 0 Å². The molecule has 2 rings (SSSR count). The molecule has 1 N–H and O–H groups in total. The Morgan fingerprint density at radius 3 is 2.00 bits per heavy atom. The lowest BCUT2D eigenvalue weighted by atomic mass is 9.79. The van der Waals surface area contributed by atoms with Crippen LogP contribution in [0.25, 0.3) is 0 Å². The first-order chi connectivity index (χ1) is 5.48. The number of hydrogen-bond acceptors (Lipinski definition) is 1. The van der Waals surface area contributed by atoms with E-state index in [-0.39, 0.29) is 11.5 Å². The molecule has 70 valence electrons. The Balaban J connectivity index is 1.92. The van der Waals surface area contributed by atoms with Gasteiger partial charge in [0.05, 0.1) is 6.10 Å². The van der Waals surface area contributed by atoms with E-state index in [1.807, 2.05) is 0 Å². The normalized spacial score (nSPS) is 42.5. The van der Waals surface area contributed by atoms with Gasteiger partial charge < -0.3 is 5.11 Å². The molecule has 2 aliphatic rings. The fourth-order valence-corrected chi connectivity index (χ4v) is 2.73. The molecule has 0 amide bonds. The van der Waals surface area contributed by atoms with Gasteiger partial charge in [-0.25, -0.2) is 0 Å². The third-order valence-electron chi connectivity index (χ3n) is 3.61. The summed E-state index contributed by atoms with van der Waals surface area (Å²) in [6, 6.07) is 0. The molecule has 1 nitrogen and oxygen atoms in total. The topological polar surface area (TPSA) is 20.2 Å². The van der Waals surface area contributed by atoms with E-state index in [2.05, 4.69) is 20.8 Å². The van der Waals surface area contributed by atoms with Gasteiger partial charge in [-0.1, -0.05) is 20.8 Å². The summed E-state index contributed by atoms with van der Waals surface area (Å²) in [5.74, 6) is 2.59. The maximum absolute atomic E-state index is 10.0. The summed E-state index contributed by atoms with van der Waals surface area (Å²) in [4.78, 5) is 0. The Morgan fingerprint density at radius 1 is 1.08 bits per heavy atom. The van der Waals surface area contributed by atoms with Gasteiger partial charge in [-0.3, -0.25) is 0 Å². The summed E-state index contributed by atoms with van der Waals surface area (Å²) < 4.78 is 0. The van der Waals surface area contributed by atoms with Crippen molar-refractivity contribution in [2.45, 2.75) is 46.1 Å². The lowest BCUT2D eigenvalue weighted by molar-refractivity contribution is 0.00967. The Kier molecular flexibility index (Phi) is 1.76. The Bertz CT molecular complexity index is 170. The number of aliphatic hydroxyl groups excluding tert-OH is 1. The molecule has 1 heteroatoms. The molecule has 0 aromatic carbocycles. The third-order valence-corrected chi connectivity index (χ3v) is 3.61. The van der Waals surface area contributed by atoms with Crippen LogP contribution in [-0.4, -0.2) is 11.2 Å². The molecule has 2 fully saturated rings. The molecule has 0 radical (unpaired) electrons. The number of hydrogen-bond donors (Lipinski definition) is 1. The minimum atomic E-state index is -0.0784. The highest BCUT2D eigenvalue weighted by Gasteiger charge is 2.49. The van der Waals surface area contributed by atoms with Crippen LogP contribution < -0.4 is 0 Å². The van der Waals surface area contributed by atoms with E-state index in [0.717, 1.165) is 11.8 Å². The van der Waals surface area contributed by atoms with Crippen LogP contribution in [-0.2, 0) is 0 Å². The fraction of sp³-hybridized carbons (Fsp3) is 1.00. The van der Waals surface area contributed by atoms with Gasteiger partial charge in [-0.05, 0) is 42.4 Å². The van der Waals surface area contributed by atoms with Crippen LogP contribution >= 0.6 is 0 Å². The molecule has 12 heavy (non-hydrogen) atoms. The van der Waals surface area contributed by atoms with Crippen molar-refractivity contribution >= 4 is 0 Å². The highest BCUT2D eigenvalue weighted by molar-refractivity contribution is 4.99. The molecule has 0 saturated heterocycles. The maximum atomic E-state index is 10.0. The predicted octanol–water partition coefficient (Wildman–Crippen LogP) is 2.44. The van der Waals surface area contributed by atoms with Crippen molar-refractivity contribution < 1.29 is 5.11 Å². The van der Waals surface area contributed by atoms with E-state index in [9.17, 15) is 5.11 Å². The van der Waals surface area contributed by atoms with Crippen molar-refractivity contribution in [2.75, 3.05) is 0 Å². The van der Waals surface area contributed by atoms with Gasteiger partial charge in [0.15, 0.2) is 0 Å². The van der Waals surface area contributed by atoms with Gasteiger partial charge >= 0.3 is 0 Å². The zero-order valence-electron chi connectivity index (χ0n) is 8.38. The summed E-state index contributed by atoms with van der Waals surface area (Å²) >= 11 is 0. The first-order valence-corrected chi connectivity index (χ1v) is 5.16. The number of fused-ring (bicyclic) bond motifs is 1. The first kappa shape index (κ1) is 8.55. The maximum Gasteiger partial charge on any atom is 0.0616 e. The second-order valence-corrected chi connectivity index (χ2v) is 5.80. The number of rotatable bonds is 1. The summed E-state index contributed by atoms with van der Waals surface area (Å²) in [5.41, 5.74) is 0.0848. The Morgan fingerprint density at radius 2 is 1.58 bits per heavy atom. The second-order valence-electron chi connectivity index (χ2n) is 5.80. The smallest absolute Gasteiger partial charge is 0.0616 e. The molecule has 3 unspecified atom stereocenters. The lowest BCUT2D eigenvalue weighted by Gasteiger charge is -2.31. The van der Waals surface area contributed by atoms with Crippen LogP contribution in [0.15, 0.2) is 0 Å². The molecule has 0 bridgehead atoms. The van der Waals surface area contributed by atoms with Crippen molar-refractivity contribution in [3.63, 3.8) is 0 Å². The summed E-state index contributed by atoms with van der Waals surface area (Å²) in [6.07, 6.45) is 3.96. The van der Waals surface area contributed by atoms with Gasteiger partial charge in [0.25, 0.3) is 0 Å². The van der Waals surface area contributed by atoms with E-state index < -0.39 is 0 Å². The number of aliphatic hydroxyl groups is 1. The van der Waals surface area contributed by atoms with Gasteiger partial charge in [-0.2, -0.15) is 0 Å². The van der Waals surface area contributed by atoms with Crippen LogP contribution in [0, 0.1) is 23.2 Å². The average Bonchev–Trinajstić information content (AvgIpc) is 2.56. The Labute approximate surface area is 75.2 Å². The standard InChI is InChI=1S/C11H20O/c1-11(2,3)10(12)9-5-7-4-8(7)6-9/h7-10,12H,4-6H2,1-3H3. The first-order valence-electron chi connectivity index (χ1n) is 5.16. The highest BCUT2D eigenvalue weighted by Crippen LogP contribution is 2.56. The molecule has 0 aromatic heterocycles. The highest BCUT2D eigenvalue weighted by atomic mass is 16.3. The molecule has 2 saturated carbocycles. The van der Waals surface area contributed by atoms with Crippen LogP contribution in [0.5, 0.6) is 0 Å². The van der Waals surface area contributed by atoms with E-state index in [0.29, 0.717) is 5.92 Å². The van der Waals surface area contributed by atoms with Gasteiger partial charge in [-0.15, -0.1) is 0 Å². The summed E-state index contributed by atoms with van der Waals surface area (Å²) in [5, 5.41) is 10.0. The quantitative estimate of drug-likeness (QED) is 0.637. The summed E-state index contributed by atoms with van der Waals surface area (Å²) in [6.45, 7) is 6.42. The van der Waals surface area contributed by atoms with E-state index in [4.69, 9.17) is 0 Å². The molecule has 0 aliphatic heterocycles. The average molecular weight is 168 g/mol. The van der Waals surface area contributed by atoms with Crippen LogP contribution in [0.4, 0.5) is 0 Å². The minimum absolute atomic E-state index is 0.0784.